The van der Waals surface area contributed by atoms with E-state index in [-0.39, 0.29) is 24.7 Å². The maximum absolute atomic E-state index is 11.7. The molecule has 1 unspecified atom stereocenters. The highest BCUT2D eigenvalue weighted by Crippen LogP contribution is 2.24. The summed E-state index contributed by atoms with van der Waals surface area (Å²) in [6, 6.07) is 15.1. The number of carbonyl (C=O) groups excluding carboxylic acids is 1. The Balaban J connectivity index is 1.65. The summed E-state index contributed by atoms with van der Waals surface area (Å²) in [5.74, 6) is 0.0888. The Morgan fingerprint density at radius 1 is 1.26 bits per heavy atom. The van der Waals surface area contributed by atoms with Gasteiger partial charge in [-0.2, -0.15) is 0 Å². The van der Waals surface area contributed by atoms with Crippen LogP contribution >= 0.6 is 0 Å². The highest BCUT2D eigenvalue weighted by atomic mass is 16.5. The van der Waals surface area contributed by atoms with Crippen molar-refractivity contribution >= 4 is 16.7 Å². The molecule has 1 saturated heterocycles. The van der Waals surface area contributed by atoms with Crippen LogP contribution in [0.25, 0.3) is 10.8 Å². The number of hydrogen-bond acceptors (Lipinski definition) is 3. The number of fused-ring (bicyclic) bond motifs is 1. The Morgan fingerprint density at radius 2 is 2.04 bits per heavy atom. The van der Waals surface area contributed by atoms with Gasteiger partial charge >= 0.3 is 0 Å². The summed E-state index contributed by atoms with van der Waals surface area (Å²) in [5.41, 5.74) is 1.29. The lowest BCUT2D eigenvalue weighted by Crippen LogP contribution is -2.49. The van der Waals surface area contributed by atoms with E-state index in [9.17, 15) is 4.79 Å². The molecule has 1 aliphatic heterocycles. The van der Waals surface area contributed by atoms with Crippen molar-refractivity contribution in [1.82, 2.24) is 10.2 Å². The second kappa shape index (κ2) is 7.11. The van der Waals surface area contributed by atoms with Crippen molar-refractivity contribution in [2.45, 2.75) is 26.0 Å². The maximum atomic E-state index is 11.7. The molecule has 4 heteroatoms. The van der Waals surface area contributed by atoms with Crippen LogP contribution in [0, 0.1) is 0 Å². The van der Waals surface area contributed by atoms with Crippen LogP contribution in [-0.2, 0) is 9.53 Å². The minimum Gasteiger partial charge on any atom is -0.365 e. The Labute approximate surface area is 137 Å². The lowest BCUT2D eigenvalue weighted by atomic mass is 9.99. The van der Waals surface area contributed by atoms with Crippen LogP contribution in [0.5, 0.6) is 0 Å². The van der Waals surface area contributed by atoms with Gasteiger partial charge in [0.25, 0.3) is 0 Å². The second-order valence-corrected chi connectivity index (χ2v) is 6.06. The molecule has 3 rings (SSSR count). The third-order valence-electron chi connectivity index (χ3n) is 4.54. The van der Waals surface area contributed by atoms with Gasteiger partial charge in [-0.05, 0) is 30.2 Å². The lowest BCUT2D eigenvalue weighted by molar-refractivity contribution is -0.148. The van der Waals surface area contributed by atoms with Crippen molar-refractivity contribution in [3.05, 3.63) is 48.0 Å². The number of likely N-dealkylation sites (N-methyl/N-ethyl adjacent to an activating group) is 1. The van der Waals surface area contributed by atoms with Gasteiger partial charge in [0, 0.05) is 25.7 Å². The smallest absolute Gasteiger partial charge is 0.248 e. The number of benzene rings is 2. The number of amides is 1. The Hall–Kier alpha value is -1.91. The van der Waals surface area contributed by atoms with Crippen LogP contribution in [0.15, 0.2) is 42.5 Å². The molecule has 2 aromatic carbocycles. The molecule has 1 fully saturated rings. The summed E-state index contributed by atoms with van der Waals surface area (Å²) in [6.45, 7) is 6.54. The molecule has 0 saturated carbocycles. The van der Waals surface area contributed by atoms with E-state index in [1.165, 1.54) is 16.3 Å². The van der Waals surface area contributed by atoms with E-state index in [4.69, 9.17) is 4.74 Å². The number of ether oxygens (including phenoxy) is 1. The molecule has 1 amide bonds. The first-order valence-electron chi connectivity index (χ1n) is 8.29. The largest absolute Gasteiger partial charge is 0.365 e. The summed E-state index contributed by atoms with van der Waals surface area (Å²) in [6.07, 6.45) is 0.0603. The van der Waals surface area contributed by atoms with Gasteiger partial charge in [0.05, 0.1) is 6.10 Å². The van der Waals surface area contributed by atoms with E-state index in [0.717, 1.165) is 13.1 Å². The van der Waals surface area contributed by atoms with Gasteiger partial charge in [0.15, 0.2) is 0 Å². The predicted octanol–water partition coefficient (Wildman–Crippen LogP) is 2.74. The van der Waals surface area contributed by atoms with E-state index in [1.807, 2.05) is 11.8 Å². The molecule has 0 aliphatic carbocycles. The van der Waals surface area contributed by atoms with Gasteiger partial charge < -0.3 is 15.0 Å². The first kappa shape index (κ1) is 16.0. The zero-order valence-electron chi connectivity index (χ0n) is 13.8. The zero-order chi connectivity index (χ0) is 16.2. The number of nitrogens with one attached hydrogen (secondary N) is 1. The van der Waals surface area contributed by atoms with Crippen molar-refractivity contribution in [1.29, 1.82) is 0 Å². The van der Waals surface area contributed by atoms with Crippen molar-refractivity contribution in [2.24, 2.45) is 0 Å². The Bertz CT molecular complexity index is 681. The standard InChI is InChI=1S/C19H24N2O2/c1-3-21-12-16(23-13-19(21)22)11-20-14(2)17-10-6-8-15-7-4-5-9-18(15)17/h4-10,14,16,20H,3,11-13H2,1-2H3/t14-,16?/m1/s1. The van der Waals surface area contributed by atoms with Crippen molar-refractivity contribution < 1.29 is 9.53 Å². The number of nitrogens with zero attached hydrogens (tertiary/aromatic N) is 1. The highest BCUT2D eigenvalue weighted by Gasteiger charge is 2.25. The van der Waals surface area contributed by atoms with Gasteiger partial charge in [-0.25, -0.2) is 0 Å². The minimum absolute atomic E-state index is 0.0603. The van der Waals surface area contributed by atoms with Gasteiger partial charge in [0.1, 0.15) is 6.61 Å². The molecule has 1 N–H and O–H groups in total. The fourth-order valence-electron chi connectivity index (χ4n) is 3.16. The quantitative estimate of drug-likeness (QED) is 0.923. The van der Waals surface area contributed by atoms with Crippen molar-refractivity contribution in [3.63, 3.8) is 0 Å². The average Bonchev–Trinajstić information content (AvgIpc) is 2.60. The molecule has 0 radical (unpaired) electrons. The summed E-state index contributed by atoms with van der Waals surface area (Å²) >= 11 is 0. The summed E-state index contributed by atoms with van der Waals surface area (Å²) in [7, 11) is 0. The number of carbonyl (C=O) groups is 1. The minimum atomic E-state index is 0.0603. The molecule has 4 nitrogen and oxygen atoms in total. The molecular formula is C19H24N2O2. The van der Waals surface area contributed by atoms with E-state index >= 15 is 0 Å². The van der Waals surface area contributed by atoms with Gasteiger partial charge in [-0.15, -0.1) is 0 Å². The third kappa shape index (κ3) is 3.54. The summed E-state index contributed by atoms with van der Waals surface area (Å²) in [5, 5.41) is 6.10. The fraction of sp³-hybridized carbons (Fsp3) is 0.421. The molecule has 1 aliphatic rings. The molecule has 0 spiro atoms. The monoisotopic (exact) mass is 312 g/mol. The molecule has 0 aromatic heterocycles. The normalized spacial score (nSPS) is 20.0. The van der Waals surface area contributed by atoms with Crippen LogP contribution < -0.4 is 5.32 Å². The fourth-order valence-corrected chi connectivity index (χ4v) is 3.16. The summed E-state index contributed by atoms with van der Waals surface area (Å²) < 4.78 is 5.64. The van der Waals surface area contributed by atoms with E-state index in [1.54, 1.807) is 0 Å². The Kier molecular flexibility index (Phi) is 4.94. The average molecular weight is 312 g/mol. The second-order valence-electron chi connectivity index (χ2n) is 6.06. The van der Waals surface area contributed by atoms with E-state index < -0.39 is 0 Å². The highest BCUT2D eigenvalue weighted by molar-refractivity contribution is 5.86. The molecule has 23 heavy (non-hydrogen) atoms. The SMILES string of the molecule is CCN1CC(CN[C@H](C)c2cccc3ccccc23)OCC1=O. The van der Waals surface area contributed by atoms with Crippen LogP contribution in [0.3, 0.4) is 0 Å². The van der Waals surface area contributed by atoms with E-state index in [2.05, 4.69) is 54.7 Å². The van der Waals surface area contributed by atoms with Gasteiger partial charge in [0.2, 0.25) is 5.91 Å². The molecule has 2 aromatic rings. The van der Waals surface area contributed by atoms with Crippen LogP contribution in [0.1, 0.15) is 25.5 Å². The molecule has 1 heterocycles. The first-order valence-corrected chi connectivity index (χ1v) is 8.29. The topological polar surface area (TPSA) is 41.6 Å². The van der Waals surface area contributed by atoms with Crippen LogP contribution in [0.4, 0.5) is 0 Å². The van der Waals surface area contributed by atoms with Crippen LogP contribution in [-0.4, -0.2) is 43.2 Å². The first-order chi connectivity index (χ1) is 11.2. The number of morpholine rings is 1. The van der Waals surface area contributed by atoms with E-state index in [0.29, 0.717) is 6.54 Å². The summed E-state index contributed by atoms with van der Waals surface area (Å²) in [4.78, 5) is 13.5. The van der Waals surface area contributed by atoms with Crippen molar-refractivity contribution in [2.75, 3.05) is 26.2 Å². The number of hydrogen-bond donors (Lipinski definition) is 1. The molecule has 122 valence electrons. The molecule has 2 atom stereocenters. The lowest BCUT2D eigenvalue weighted by Gasteiger charge is -2.32. The Morgan fingerprint density at radius 3 is 2.87 bits per heavy atom. The zero-order valence-corrected chi connectivity index (χ0v) is 13.8. The third-order valence-corrected chi connectivity index (χ3v) is 4.54. The van der Waals surface area contributed by atoms with Crippen molar-refractivity contribution in [3.8, 4) is 0 Å². The number of rotatable bonds is 5. The maximum Gasteiger partial charge on any atom is 0.248 e. The predicted molar refractivity (Wildman–Crippen MR) is 92.4 cm³/mol. The van der Waals surface area contributed by atoms with Crippen LogP contribution in [0.2, 0.25) is 0 Å². The molecule has 0 bridgehead atoms. The van der Waals surface area contributed by atoms with Gasteiger partial charge in [-0.1, -0.05) is 42.5 Å². The van der Waals surface area contributed by atoms with Gasteiger partial charge in [-0.3, -0.25) is 4.79 Å². The molecular weight excluding hydrogens is 288 g/mol.